The standard InChI is InChI=1S/C32H18N2O2/c1-2-9-26-23(5-1)30-27(35-26)15-13-20-19-7-3-6-18-17(10-11-24(28(18)19)29(20)30)25-14-12-22-21-8-4-16-33-31(21)36-32(22)34-25/h1-16,21,31H. The molecule has 2 aromatic heterocycles. The van der Waals surface area contributed by atoms with Gasteiger partial charge in [-0.2, -0.15) is 0 Å². The highest BCUT2D eigenvalue weighted by molar-refractivity contribution is 6.26. The molecule has 4 heterocycles. The summed E-state index contributed by atoms with van der Waals surface area (Å²) in [7, 11) is 0. The number of rotatable bonds is 1. The minimum atomic E-state index is -0.206. The Balaban J connectivity index is 1.29. The molecule has 2 atom stereocenters. The molecule has 0 bridgehead atoms. The second kappa shape index (κ2) is 6.49. The number of aliphatic imine (C=N–C) groups is 1. The molecule has 4 aromatic carbocycles. The summed E-state index contributed by atoms with van der Waals surface area (Å²) in [4.78, 5) is 9.44. The van der Waals surface area contributed by atoms with Gasteiger partial charge in [0, 0.05) is 33.7 Å². The van der Waals surface area contributed by atoms with Crippen molar-refractivity contribution in [2.45, 2.75) is 12.1 Å². The molecule has 0 amide bonds. The highest BCUT2D eigenvalue weighted by atomic mass is 16.5. The summed E-state index contributed by atoms with van der Waals surface area (Å²) in [5.41, 5.74) is 10.00. The quantitative estimate of drug-likeness (QED) is 0.249. The van der Waals surface area contributed by atoms with Crippen LogP contribution in [-0.2, 0) is 0 Å². The fraction of sp³-hybridized carbons (Fsp3) is 0.0625. The van der Waals surface area contributed by atoms with Crippen LogP contribution in [0.2, 0.25) is 0 Å². The van der Waals surface area contributed by atoms with Crippen molar-refractivity contribution in [2.24, 2.45) is 4.99 Å². The Morgan fingerprint density at radius 2 is 1.56 bits per heavy atom. The molecule has 0 spiro atoms. The van der Waals surface area contributed by atoms with Crippen LogP contribution in [0, 0.1) is 0 Å². The molecule has 2 aliphatic heterocycles. The number of pyridine rings is 1. The van der Waals surface area contributed by atoms with Crippen LogP contribution in [0.25, 0.3) is 66.2 Å². The molecule has 2 unspecified atom stereocenters. The minimum absolute atomic E-state index is 0.140. The highest BCUT2D eigenvalue weighted by Crippen LogP contribution is 2.53. The number of allylic oxidation sites excluding steroid dienone is 1. The summed E-state index contributed by atoms with van der Waals surface area (Å²) >= 11 is 0. The van der Waals surface area contributed by atoms with E-state index in [9.17, 15) is 0 Å². The Morgan fingerprint density at radius 1 is 0.667 bits per heavy atom. The molecule has 0 radical (unpaired) electrons. The van der Waals surface area contributed by atoms with E-state index in [0.717, 1.165) is 33.4 Å². The van der Waals surface area contributed by atoms with E-state index in [1.807, 2.05) is 18.2 Å². The average Bonchev–Trinajstić information content (AvgIpc) is 3.59. The first-order valence-corrected chi connectivity index (χ1v) is 12.2. The highest BCUT2D eigenvalue weighted by Gasteiger charge is 2.35. The molecule has 9 rings (SSSR count). The summed E-state index contributed by atoms with van der Waals surface area (Å²) in [6.07, 6.45) is 5.72. The topological polar surface area (TPSA) is 47.6 Å². The van der Waals surface area contributed by atoms with Gasteiger partial charge in [0.2, 0.25) is 12.1 Å². The average molecular weight is 463 g/mol. The third-order valence-electron chi connectivity index (χ3n) is 7.85. The largest absolute Gasteiger partial charge is 0.456 e. The molecular weight excluding hydrogens is 444 g/mol. The van der Waals surface area contributed by atoms with Crippen molar-refractivity contribution in [3.63, 3.8) is 0 Å². The van der Waals surface area contributed by atoms with Crippen LogP contribution in [0.1, 0.15) is 11.5 Å². The Hall–Kier alpha value is -4.70. The number of fused-ring (bicyclic) bond motifs is 10. The maximum absolute atomic E-state index is 6.21. The first kappa shape index (κ1) is 18.6. The van der Waals surface area contributed by atoms with E-state index in [1.165, 1.54) is 38.4 Å². The second-order valence-corrected chi connectivity index (χ2v) is 9.66. The normalized spacial score (nSPS) is 18.6. The van der Waals surface area contributed by atoms with Crippen molar-refractivity contribution in [3.8, 4) is 39.4 Å². The van der Waals surface area contributed by atoms with Gasteiger partial charge in [0.25, 0.3) is 0 Å². The summed E-state index contributed by atoms with van der Waals surface area (Å²) in [5.74, 6) is 0.824. The van der Waals surface area contributed by atoms with Crippen molar-refractivity contribution >= 4 is 38.9 Å². The van der Waals surface area contributed by atoms with E-state index in [4.69, 9.17) is 14.1 Å². The van der Waals surface area contributed by atoms with Crippen molar-refractivity contribution < 1.29 is 9.15 Å². The molecule has 6 aromatic rings. The maximum atomic E-state index is 6.21. The summed E-state index contributed by atoms with van der Waals surface area (Å²) in [5, 5.41) is 4.81. The van der Waals surface area contributed by atoms with Crippen LogP contribution in [0.5, 0.6) is 5.88 Å². The van der Waals surface area contributed by atoms with Crippen molar-refractivity contribution in [1.82, 2.24) is 4.98 Å². The van der Waals surface area contributed by atoms with E-state index >= 15 is 0 Å². The lowest BCUT2D eigenvalue weighted by atomic mass is 9.94. The molecular formula is C32H18N2O2. The number of furan rings is 1. The Morgan fingerprint density at radius 3 is 2.56 bits per heavy atom. The van der Waals surface area contributed by atoms with Crippen molar-refractivity contribution in [2.75, 3.05) is 0 Å². The molecule has 3 aliphatic rings. The van der Waals surface area contributed by atoms with Crippen LogP contribution >= 0.6 is 0 Å². The molecule has 168 valence electrons. The van der Waals surface area contributed by atoms with Gasteiger partial charge in [0.1, 0.15) is 11.2 Å². The van der Waals surface area contributed by atoms with Crippen molar-refractivity contribution in [1.29, 1.82) is 0 Å². The monoisotopic (exact) mass is 462 g/mol. The predicted octanol–water partition coefficient (Wildman–Crippen LogP) is 7.89. The Kier molecular flexibility index (Phi) is 3.36. The van der Waals surface area contributed by atoms with E-state index in [1.54, 1.807) is 6.21 Å². The second-order valence-electron chi connectivity index (χ2n) is 9.66. The number of ether oxygens (including phenoxy) is 1. The first-order valence-electron chi connectivity index (χ1n) is 12.2. The zero-order valence-corrected chi connectivity index (χ0v) is 19.1. The number of dihydropyridines is 1. The number of nitrogens with zero attached hydrogens (tertiary/aromatic N) is 2. The lowest BCUT2D eigenvalue weighted by Gasteiger charge is -2.12. The van der Waals surface area contributed by atoms with Gasteiger partial charge < -0.3 is 9.15 Å². The fourth-order valence-electron chi connectivity index (χ4n) is 6.30. The summed E-state index contributed by atoms with van der Waals surface area (Å²) in [6, 6.07) is 27.9. The smallest absolute Gasteiger partial charge is 0.220 e. The van der Waals surface area contributed by atoms with Gasteiger partial charge in [-0.3, -0.25) is 0 Å². The summed E-state index contributed by atoms with van der Waals surface area (Å²) in [6.45, 7) is 0. The molecule has 0 saturated heterocycles. The first-order chi connectivity index (χ1) is 17.8. The van der Waals surface area contributed by atoms with Crippen LogP contribution in [0.4, 0.5) is 0 Å². The van der Waals surface area contributed by atoms with Crippen LogP contribution in [0.15, 0.2) is 100 Å². The zero-order valence-electron chi connectivity index (χ0n) is 19.1. The number of aromatic nitrogens is 1. The molecule has 0 saturated carbocycles. The molecule has 0 N–H and O–H groups in total. The predicted molar refractivity (Wildman–Crippen MR) is 144 cm³/mol. The van der Waals surface area contributed by atoms with Crippen molar-refractivity contribution in [3.05, 3.63) is 96.6 Å². The molecule has 4 nitrogen and oxygen atoms in total. The Labute approximate surface area is 206 Å². The Bertz CT molecular complexity index is 2000. The molecule has 1 aliphatic carbocycles. The summed E-state index contributed by atoms with van der Waals surface area (Å²) < 4.78 is 12.3. The SMILES string of the molecule is C1=CC2c3ccc(-c4ccc5c6c(cccc46)-c4ccc6oc7ccccc7c6c4-5)nc3OC2N=C1. The van der Waals surface area contributed by atoms with Gasteiger partial charge in [0.05, 0.1) is 11.6 Å². The number of hydrogen-bond donors (Lipinski definition) is 0. The molecule has 4 heteroatoms. The molecule has 0 fully saturated rings. The van der Waals surface area contributed by atoms with Gasteiger partial charge in [0.15, 0.2) is 0 Å². The van der Waals surface area contributed by atoms with Crippen LogP contribution in [-0.4, -0.2) is 17.4 Å². The maximum Gasteiger partial charge on any atom is 0.220 e. The lowest BCUT2D eigenvalue weighted by Crippen LogP contribution is -2.16. The van der Waals surface area contributed by atoms with Crippen LogP contribution in [0.3, 0.4) is 0 Å². The van der Waals surface area contributed by atoms with Gasteiger partial charge >= 0.3 is 0 Å². The van der Waals surface area contributed by atoms with E-state index in [-0.39, 0.29) is 12.1 Å². The van der Waals surface area contributed by atoms with E-state index in [0.29, 0.717) is 5.88 Å². The van der Waals surface area contributed by atoms with E-state index in [2.05, 4.69) is 77.8 Å². The van der Waals surface area contributed by atoms with E-state index < -0.39 is 0 Å². The fourth-order valence-corrected chi connectivity index (χ4v) is 6.30. The lowest BCUT2D eigenvalue weighted by molar-refractivity contribution is 0.223. The number of hydrogen-bond acceptors (Lipinski definition) is 4. The zero-order chi connectivity index (χ0) is 23.4. The number of para-hydroxylation sites is 1. The van der Waals surface area contributed by atoms with Gasteiger partial charge in [-0.1, -0.05) is 60.7 Å². The van der Waals surface area contributed by atoms with Gasteiger partial charge in [-0.15, -0.1) is 0 Å². The van der Waals surface area contributed by atoms with Gasteiger partial charge in [-0.05, 0) is 57.8 Å². The molecule has 36 heavy (non-hydrogen) atoms. The minimum Gasteiger partial charge on any atom is -0.456 e. The van der Waals surface area contributed by atoms with Gasteiger partial charge in [-0.25, -0.2) is 9.98 Å². The third kappa shape index (κ3) is 2.24. The number of benzene rings is 4. The third-order valence-corrected chi connectivity index (χ3v) is 7.85. The van der Waals surface area contributed by atoms with Crippen LogP contribution < -0.4 is 4.74 Å².